The van der Waals surface area contributed by atoms with Crippen molar-refractivity contribution >= 4 is 17.6 Å². The Morgan fingerprint density at radius 2 is 1.93 bits per heavy atom. The van der Waals surface area contributed by atoms with Crippen LogP contribution in [0.25, 0.3) is 0 Å². The maximum absolute atomic E-state index is 13.6. The minimum atomic E-state index is -1.64. The van der Waals surface area contributed by atoms with Crippen molar-refractivity contribution in [3.8, 4) is 5.75 Å². The molecule has 0 aliphatic carbocycles. The van der Waals surface area contributed by atoms with Crippen molar-refractivity contribution in [2.24, 2.45) is 4.99 Å². The molecule has 1 aliphatic heterocycles. The lowest BCUT2D eigenvalue weighted by molar-refractivity contribution is -0.115. The molecule has 1 unspecified atom stereocenters. The van der Waals surface area contributed by atoms with Gasteiger partial charge in [-0.1, -0.05) is 18.2 Å². The van der Waals surface area contributed by atoms with Gasteiger partial charge in [0.1, 0.15) is 11.9 Å². The highest BCUT2D eigenvalue weighted by Gasteiger charge is 2.22. The summed E-state index contributed by atoms with van der Waals surface area (Å²) in [6.07, 6.45) is 0.692. The molecule has 1 atom stereocenters. The Bertz CT molecular complexity index is 880. The molecular weight excluding hydrogens is 373 g/mol. The van der Waals surface area contributed by atoms with Crippen LogP contribution in [0.4, 0.5) is 18.9 Å². The van der Waals surface area contributed by atoms with Crippen LogP contribution < -0.4 is 20.7 Å². The molecule has 1 aliphatic rings. The number of aliphatic imine (C=N–C) groups is 1. The Hall–Kier alpha value is -3.23. The van der Waals surface area contributed by atoms with E-state index >= 15 is 0 Å². The third-order valence-electron chi connectivity index (χ3n) is 4.16. The number of rotatable bonds is 5. The molecule has 9 heteroatoms. The molecule has 0 saturated heterocycles. The minimum Gasteiger partial charge on any atom is -0.488 e. The number of benzene rings is 2. The number of halogens is 3. The van der Waals surface area contributed by atoms with Crippen molar-refractivity contribution in [3.05, 3.63) is 59.4 Å². The third kappa shape index (κ3) is 4.54. The number of hydrogen-bond donors (Lipinski definition) is 3. The van der Waals surface area contributed by atoms with Crippen LogP contribution in [-0.4, -0.2) is 38.1 Å². The van der Waals surface area contributed by atoms with Gasteiger partial charge in [-0.05, 0) is 23.8 Å². The molecule has 1 heterocycles. The van der Waals surface area contributed by atoms with Crippen LogP contribution in [0.5, 0.6) is 5.75 Å². The molecule has 2 aromatic rings. The van der Waals surface area contributed by atoms with E-state index in [9.17, 15) is 18.0 Å². The topological polar surface area (TPSA) is 74.8 Å². The summed E-state index contributed by atoms with van der Waals surface area (Å²) in [6.45, 7) is 0.220. The second kappa shape index (κ2) is 8.64. The average Bonchev–Trinajstić information content (AvgIpc) is 3.11. The van der Waals surface area contributed by atoms with Gasteiger partial charge in [0.25, 0.3) is 0 Å². The number of ether oxygens (including phenoxy) is 1. The van der Waals surface area contributed by atoms with Crippen LogP contribution in [0.2, 0.25) is 0 Å². The van der Waals surface area contributed by atoms with Crippen LogP contribution >= 0.6 is 0 Å². The van der Waals surface area contributed by atoms with Gasteiger partial charge in [0.15, 0.2) is 23.4 Å². The summed E-state index contributed by atoms with van der Waals surface area (Å²) in [5.41, 5.74) is 0.691. The fourth-order valence-electron chi connectivity index (χ4n) is 2.78. The average molecular weight is 392 g/mol. The van der Waals surface area contributed by atoms with Gasteiger partial charge in [0.05, 0.1) is 18.8 Å². The first-order chi connectivity index (χ1) is 13.5. The molecule has 0 fully saturated rings. The first kappa shape index (κ1) is 19.5. The molecule has 6 nitrogen and oxygen atoms in total. The Morgan fingerprint density at radius 1 is 1.14 bits per heavy atom. The molecule has 28 heavy (non-hydrogen) atoms. The van der Waals surface area contributed by atoms with E-state index in [2.05, 4.69) is 20.9 Å². The second-order valence-corrected chi connectivity index (χ2v) is 6.13. The lowest BCUT2D eigenvalue weighted by Crippen LogP contribution is -2.44. The summed E-state index contributed by atoms with van der Waals surface area (Å²) in [4.78, 5) is 15.9. The third-order valence-corrected chi connectivity index (χ3v) is 4.16. The minimum absolute atomic E-state index is 0.0685. The number of nitrogens with zero attached hydrogens (tertiary/aromatic N) is 1. The summed E-state index contributed by atoms with van der Waals surface area (Å²) in [5.74, 6) is -3.85. The number of hydrogen-bond acceptors (Lipinski definition) is 3. The van der Waals surface area contributed by atoms with E-state index in [1.54, 1.807) is 0 Å². The molecule has 0 saturated carbocycles. The molecule has 0 radical (unpaired) electrons. The number of para-hydroxylation sites is 1. The molecule has 2 aromatic carbocycles. The molecule has 0 bridgehead atoms. The highest BCUT2D eigenvalue weighted by atomic mass is 19.2. The number of fused-ring (bicyclic) bond motifs is 1. The van der Waals surface area contributed by atoms with E-state index in [4.69, 9.17) is 4.74 Å². The fourth-order valence-corrected chi connectivity index (χ4v) is 2.78. The van der Waals surface area contributed by atoms with Crippen molar-refractivity contribution in [1.29, 1.82) is 0 Å². The van der Waals surface area contributed by atoms with E-state index in [0.717, 1.165) is 29.9 Å². The normalized spacial score (nSPS) is 15.6. The van der Waals surface area contributed by atoms with Crippen molar-refractivity contribution in [2.45, 2.75) is 12.5 Å². The van der Waals surface area contributed by atoms with E-state index in [1.807, 2.05) is 24.3 Å². The highest BCUT2D eigenvalue weighted by molar-refractivity contribution is 5.95. The van der Waals surface area contributed by atoms with Gasteiger partial charge < -0.3 is 20.7 Å². The Labute approximate surface area is 159 Å². The molecule has 3 rings (SSSR count). The van der Waals surface area contributed by atoms with Crippen LogP contribution in [0, 0.1) is 17.5 Å². The number of anilines is 1. The largest absolute Gasteiger partial charge is 0.488 e. The van der Waals surface area contributed by atoms with Gasteiger partial charge in [-0.15, -0.1) is 0 Å². The summed E-state index contributed by atoms with van der Waals surface area (Å²) >= 11 is 0. The molecule has 3 N–H and O–H groups in total. The predicted octanol–water partition coefficient (Wildman–Crippen LogP) is 2.21. The molecule has 0 spiro atoms. The summed E-state index contributed by atoms with van der Waals surface area (Å²) < 4.78 is 45.5. The Balaban J connectivity index is 1.45. The van der Waals surface area contributed by atoms with Gasteiger partial charge in [0, 0.05) is 13.5 Å². The predicted molar refractivity (Wildman–Crippen MR) is 98.9 cm³/mol. The highest BCUT2D eigenvalue weighted by Crippen LogP contribution is 2.27. The smallest absolute Gasteiger partial charge is 0.243 e. The fraction of sp³-hybridized carbons (Fsp3) is 0.263. The molecule has 148 valence electrons. The van der Waals surface area contributed by atoms with Gasteiger partial charge in [-0.25, -0.2) is 13.2 Å². The maximum atomic E-state index is 13.6. The van der Waals surface area contributed by atoms with E-state index in [0.29, 0.717) is 12.5 Å². The monoisotopic (exact) mass is 392 g/mol. The Kier molecular flexibility index (Phi) is 6.03. The van der Waals surface area contributed by atoms with E-state index < -0.39 is 29.0 Å². The zero-order chi connectivity index (χ0) is 20.1. The summed E-state index contributed by atoms with van der Waals surface area (Å²) in [6, 6.07) is 9.46. The zero-order valence-corrected chi connectivity index (χ0v) is 15.1. The second-order valence-electron chi connectivity index (χ2n) is 6.13. The number of guanidine groups is 1. The van der Waals surface area contributed by atoms with Crippen molar-refractivity contribution < 1.29 is 22.7 Å². The molecule has 1 amide bonds. The lowest BCUT2D eigenvalue weighted by atomic mass is 10.1. The van der Waals surface area contributed by atoms with Crippen molar-refractivity contribution in [1.82, 2.24) is 10.6 Å². The Morgan fingerprint density at radius 3 is 2.68 bits per heavy atom. The van der Waals surface area contributed by atoms with Gasteiger partial charge in [0.2, 0.25) is 5.91 Å². The first-order valence-electron chi connectivity index (χ1n) is 8.60. The van der Waals surface area contributed by atoms with Gasteiger partial charge in [-0.2, -0.15) is 0 Å². The van der Waals surface area contributed by atoms with Crippen LogP contribution in [0.3, 0.4) is 0 Å². The lowest BCUT2D eigenvalue weighted by Gasteiger charge is -2.15. The maximum Gasteiger partial charge on any atom is 0.243 e. The number of carbonyl (C=O) groups is 1. The SMILES string of the molecule is CN=C(NCC(=O)Nc1ccc(F)c(F)c1F)NCC1Cc2ccccc2O1. The number of amides is 1. The number of carbonyl (C=O) groups excluding carboxylic acids is 1. The van der Waals surface area contributed by atoms with Crippen molar-refractivity contribution in [3.63, 3.8) is 0 Å². The van der Waals surface area contributed by atoms with Gasteiger partial charge in [-0.3, -0.25) is 9.79 Å². The number of nitrogens with one attached hydrogen (secondary N) is 3. The van der Waals surface area contributed by atoms with Crippen LogP contribution in [-0.2, 0) is 11.2 Å². The van der Waals surface area contributed by atoms with E-state index in [-0.39, 0.29) is 12.6 Å². The standard InChI is InChI=1S/C19H19F3N4O2/c1-23-19(24-9-12-8-11-4-2-3-5-15(11)28-12)25-10-16(27)26-14-7-6-13(20)17(21)18(14)22/h2-7,12H,8-10H2,1H3,(H,26,27)(H2,23,24,25). The molecule has 0 aromatic heterocycles. The zero-order valence-electron chi connectivity index (χ0n) is 15.1. The summed E-state index contributed by atoms with van der Waals surface area (Å²) in [7, 11) is 1.53. The van der Waals surface area contributed by atoms with E-state index in [1.165, 1.54) is 7.05 Å². The van der Waals surface area contributed by atoms with Crippen LogP contribution in [0.15, 0.2) is 41.4 Å². The van der Waals surface area contributed by atoms with Gasteiger partial charge >= 0.3 is 0 Å². The summed E-state index contributed by atoms with van der Waals surface area (Å²) in [5, 5.41) is 7.98. The molecular formula is C19H19F3N4O2. The quantitative estimate of drug-likeness (QED) is 0.414. The van der Waals surface area contributed by atoms with Crippen LogP contribution in [0.1, 0.15) is 5.56 Å². The first-order valence-corrected chi connectivity index (χ1v) is 8.60. The van der Waals surface area contributed by atoms with Crippen molar-refractivity contribution in [2.75, 3.05) is 25.5 Å².